The van der Waals surface area contributed by atoms with Crippen LogP contribution in [0.3, 0.4) is 0 Å². The zero-order valence-electron chi connectivity index (χ0n) is 14.0. The Kier molecular flexibility index (Phi) is 3.27. The molecule has 2 aromatic heterocycles. The summed E-state index contributed by atoms with van der Waals surface area (Å²) in [5.74, 6) is 1.17. The van der Waals surface area contributed by atoms with Gasteiger partial charge in [-0.15, -0.1) is 0 Å². The van der Waals surface area contributed by atoms with Gasteiger partial charge in [-0.25, -0.2) is 9.97 Å². The third kappa shape index (κ3) is 2.36. The van der Waals surface area contributed by atoms with Crippen molar-refractivity contribution in [1.82, 2.24) is 24.0 Å². The molecule has 5 nitrogen and oxygen atoms in total. The van der Waals surface area contributed by atoms with Gasteiger partial charge in [0.15, 0.2) is 0 Å². The van der Waals surface area contributed by atoms with Gasteiger partial charge in [-0.2, -0.15) is 0 Å². The highest BCUT2D eigenvalue weighted by Gasteiger charge is 2.34. The molecule has 1 fully saturated rings. The summed E-state index contributed by atoms with van der Waals surface area (Å²) in [4.78, 5) is 11.5. The number of aromatic nitrogens is 4. The summed E-state index contributed by atoms with van der Waals surface area (Å²) in [7, 11) is 4.23. The summed E-state index contributed by atoms with van der Waals surface area (Å²) in [6, 6.07) is 6.43. The van der Waals surface area contributed by atoms with Crippen molar-refractivity contribution in [3.05, 3.63) is 42.7 Å². The van der Waals surface area contributed by atoms with Gasteiger partial charge < -0.3 is 14.0 Å². The van der Waals surface area contributed by atoms with E-state index in [1.165, 1.54) is 5.82 Å². The molecule has 3 heterocycles. The van der Waals surface area contributed by atoms with Gasteiger partial charge in [-0.3, -0.25) is 0 Å². The van der Waals surface area contributed by atoms with Crippen LogP contribution in [-0.2, 0) is 12.5 Å². The number of hydrogen-bond acceptors (Lipinski definition) is 3. The second kappa shape index (κ2) is 5.20. The van der Waals surface area contributed by atoms with Crippen molar-refractivity contribution in [2.45, 2.75) is 25.2 Å². The summed E-state index contributed by atoms with van der Waals surface area (Å²) < 4.78 is 4.31. The Morgan fingerprint density at radius 1 is 1.09 bits per heavy atom. The first-order valence-corrected chi connectivity index (χ1v) is 8.21. The largest absolute Gasteiger partial charge is 0.334 e. The highest BCUT2D eigenvalue weighted by Crippen LogP contribution is 2.35. The van der Waals surface area contributed by atoms with Crippen LogP contribution in [-0.4, -0.2) is 44.1 Å². The van der Waals surface area contributed by atoms with Crippen molar-refractivity contribution in [2.75, 3.05) is 20.1 Å². The fourth-order valence-corrected chi connectivity index (χ4v) is 3.56. The Hall–Kier alpha value is -2.14. The van der Waals surface area contributed by atoms with Crippen LogP contribution in [0.25, 0.3) is 16.7 Å². The maximum atomic E-state index is 4.73. The van der Waals surface area contributed by atoms with Crippen molar-refractivity contribution in [3.63, 3.8) is 0 Å². The topological polar surface area (TPSA) is 38.9 Å². The maximum Gasteiger partial charge on any atom is 0.119 e. The van der Waals surface area contributed by atoms with Crippen molar-refractivity contribution in [2.24, 2.45) is 7.05 Å². The van der Waals surface area contributed by atoms with E-state index in [-0.39, 0.29) is 5.41 Å². The number of rotatable bonds is 2. The van der Waals surface area contributed by atoms with Gasteiger partial charge in [-0.1, -0.05) is 6.92 Å². The molecule has 1 aliphatic heterocycles. The highest BCUT2D eigenvalue weighted by molar-refractivity contribution is 5.77. The first-order valence-electron chi connectivity index (χ1n) is 8.21. The number of piperidine rings is 1. The smallest absolute Gasteiger partial charge is 0.119 e. The monoisotopic (exact) mass is 309 g/mol. The molecule has 0 aliphatic carbocycles. The Bertz CT molecular complexity index is 836. The number of imidazole rings is 2. The summed E-state index contributed by atoms with van der Waals surface area (Å²) in [6.45, 7) is 4.61. The molecule has 3 aromatic rings. The predicted molar refractivity (Wildman–Crippen MR) is 91.9 cm³/mol. The predicted octanol–water partition coefficient (Wildman–Crippen LogP) is 2.74. The SMILES string of the molecule is CN1CCC(C)(c2nccn2-c2ccc3ncn(C)c3c2)CC1. The molecule has 1 aromatic carbocycles. The van der Waals surface area contributed by atoms with E-state index < -0.39 is 0 Å². The van der Waals surface area contributed by atoms with Gasteiger partial charge in [-0.05, 0) is 51.2 Å². The zero-order chi connectivity index (χ0) is 16.0. The Balaban J connectivity index is 1.77. The lowest BCUT2D eigenvalue weighted by atomic mass is 9.79. The lowest BCUT2D eigenvalue weighted by molar-refractivity contribution is 0.192. The molecule has 120 valence electrons. The lowest BCUT2D eigenvalue weighted by Crippen LogP contribution is -2.40. The van der Waals surface area contributed by atoms with Crippen LogP contribution in [0.1, 0.15) is 25.6 Å². The van der Waals surface area contributed by atoms with Gasteiger partial charge in [0.25, 0.3) is 0 Å². The third-order valence-electron chi connectivity index (χ3n) is 5.26. The zero-order valence-corrected chi connectivity index (χ0v) is 14.0. The summed E-state index contributed by atoms with van der Waals surface area (Å²) in [5, 5.41) is 0. The second-order valence-corrected chi connectivity index (χ2v) is 7.01. The Morgan fingerprint density at radius 3 is 2.65 bits per heavy atom. The molecule has 0 unspecified atom stereocenters. The van der Waals surface area contributed by atoms with Crippen molar-refractivity contribution in [1.29, 1.82) is 0 Å². The minimum Gasteiger partial charge on any atom is -0.334 e. The third-order valence-corrected chi connectivity index (χ3v) is 5.26. The van der Waals surface area contributed by atoms with Gasteiger partial charge in [0.1, 0.15) is 5.82 Å². The molecule has 0 N–H and O–H groups in total. The fourth-order valence-electron chi connectivity index (χ4n) is 3.56. The Morgan fingerprint density at radius 2 is 1.87 bits per heavy atom. The standard InChI is InChI=1S/C18H23N5/c1-18(6-9-21(2)10-7-18)17-19-8-11-23(17)14-4-5-15-16(12-14)22(3)13-20-15/h4-5,8,11-13H,6-7,9-10H2,1-3H3. The van der Waals surface area contributed by atoms with E-state index in [1.807, 2.05) is 19.6 Å². The van der Waals surface area contributed by atoms with Crippen LogP contribution in [0, 0.1) is 0 Å². The normalized spacial score (nSPS) is 18.6. The first kappa shape index (κ1) is 14.5. The molecular weight excluding hydrogens is 286 g/mol. The van der Waals surface area contributed by atoms with Crippen LogP contribution < -0.4 is 0 Å². The molecule has 1 aliphatic rings. The van der Waals surface area contributed by atoms with Gasteiger partial charge in [0.05, 0.1) is 17.4 Å². The van der Waals surface area contributed by atoms with Crippen molar-refractivity contribution in [3.8, 4) is 5.69 Å². The maximum absolute atomic E-state index is 4.73. The molecule has 0 amide bonds. The molecule has 0 saturated carbocycles. The number of benzene rings is 1. The van der Waals surface area contributed by atoms with E-state index in [1.54, 1.807) is 0 Å². The molecule has 4 rings (SSSR count). The van der Waals surface area contributed by atoms with Gasteiger partial charge >= 0.3 is 0 Å². The minimum absolute atomic E-state index is 0.136. The second-order valence-electron chi connectivity index (χ2n) is 7.01. The van der Waals surface area contributed by atoms with Gasteiger partial charge in [0.2, 0.25) is 0 Å². The molecule has 5 heteroatoms. The fraction of sp³-hybridized carbons (Fsp3) is 0.444. The first-order chi connectivity index (χ1) is 11.1. The quantitative estimate of drug-likeness (QED) is 0.730. The van der Waals surface area contributed by atoms with Crippen LogP contribution >= 0.6 is 0 Å². The van der Waals surface area contributed by atoms with Crippen LogP contribution in [0.5, 0.6) is 0 Å². The van der Waals surface area contributed by atoms with E-state index in [4.69, 9.17) is 4.98 Å². The van der Waals surface area contributed by atoms with E-state index in [0.29, 0.717) is 0 Å². The van der Waals surface area contributed by atoms with E-state index >= 15 is 0 Å². The number of likely N-dealkylation sites (tertiary alicyclic amines) is 1. The van der Waals surface area contributed by atoms with E-state index in [0.717, 1.165) is 42.7 Å². The summed E-state index contributed by atoms with van der Waals surface area (Å²) in [5.41, 5.74) is 3.48. The average molecular weight is 309 g/mol. The average Bonchev–Trinajstić information content (AvgIpc) is 3.18. The molecule has 23 heavy (non-hydrogen) atoms. The van der Waals surface area contributed by atoms with Crippen LogP contribution in [0.2, 0.25) is 0 Å². The molecule has 0 atom stereocenters. The number of fused-ring (bicyclic) bond motifs is 1. The number of nitrogens with zero attached hydrogens (tertiary/aromatic N) is 5. The van der Waals surface area contributed by atoms with Gasteiger partial charge in [0, 0.05) is 30.5 Å². The summed E-state index contributed by atoms with van der Waals surface area (Å²) >= 11 is 0. The minimum atomic E-state index is 0.136. The molecule has 0 bridgehead atoms. The van der Waals surface area contributed by atoms with Crippen molar-refractivity contribution >= 4 is 11.0 Å². The lowest BCUT2D eigenvalue weighted by Gasteiger charge is -2.37. The van der Waals surface area contributed by atoms with Crippen LogP contribution in [0.4, 0.5) is 0 Å². The molecule has 0 radical (unpaired) electrons. The van der Waals surface area contributed by atoms with E-state index in [9.17, 15) is 0 Å². The van der Waals surface area contributed by atoms with E-state index in [2.05, 4.69) is 57.4 Å². The Labute approximate surface area is 136 Å². The highest BCUT2D eigenvalue weighted by atomic mass is 15.1. The van der Waals surface area contributed by atoms with Crippen LogP contribution in [0.15, 0.2) is 36.9 Å². The van der Waals surface area contributed by atoms with Crippen molar-refractivity contribution < 1.29 is 0 Å². The molecule has 0 spiro atoms. The number of aryl methyl sites for hydroxylation is 1. The summed E-state index contributed by atoms with van der Waals surface area (Å²) in [6.07, 6.45) is 8.16. The number of hydrogen-bond donors (Lipinski definition) is 0. The molecule has 1 saturated heterocycles. The molecular formula is C18H23N5.